The van der Waals surface area contributed by atoms with Crippen LogP contribution < -0.4 is 10.9 Å². The molecule has 1 fully saturated rings. The molecule has 2 aliphatic heterocycles. The summed E-state index contributed by atoms with van der Waals surface area (Å²) < 4.78 is 27.2. The highest BCUT2D eigenvalue weighted by Crippen LogP contribution is 2.36. The molecule has 1 saturated heterocycles. The van der Waals surface area contributed by atoms with Gasteiger partial charge in [-0.15, -0.1) is 0 Å². The Morgan fingerprint density at radius 1 is 1.09 bits per heavy atom. The molecule has 1 atom stereocenters. The van der Waals surface area contributed by atoms with E-state index in [4.69, 9.17) is 4.98 Å². The fourth-order valence-electron chi connectivity index (χ4n) is 5.15. The summed E-state index contributed by atoms with van der Waals surface area (Å²) in [5.74, 6) is 0.399. The molecular formula is C24H22N4O4S. The Labute approximate surface area is 189 Å². The van der Waals surface area contributed by atoms with Gasteiger partial charge in [0.2, 0.25) is 5.91 Å². The van der Waals surface area contributed by atoms with Crippen molar-refractivity contribution in [1.29, 1.82) is 0 Å². The lowest BCUT2D eigenvalue weighted by Crippen LogP contribution is -2.38. The van der Waals surface area contributed by atoms with Crippen LogP contribution in [-0.2, 0) is 34.1 Å². The first-order valence-electron chi connectivity index (χ1n) is 11.0. The fourth-order valence-corrected chi connectivity index (χ4v) is 6.83. The first kappa shape index (κ1) is 20.2. The number of aromatic nitrogens is 3. The van der Waals surface area contributed by atoms with E-state index in [1.165, 1.54) is 0 Å². The summed E-state index contributed by atoms with van der Waals surface area (Å²) in [5.41, 5.74) is 3.29. The lowest BCUT2D eigenvalue weighted by Gasteiger charge is -2.21. The van der Waals surface area contributed by atoms with Crippen LogP contribution in [0.15, 0.2) is 53.3 Å². The number of hydrogen-bond donors (Lipinski definition) is 1. The summed E-state index contributed by atoms with van der Waals surface area (Å²) in [6.45, 7) is 0.550. The maximum Gasteiger partial charge on any atom is 0.261 e. The largest absolute Gasteiger partial charge is 0.351 e. The molecule has 6 rings (SSSR count). The molecule has 2 aromatic heterocycles. The quantitative estimate of drug-likeness (QED) is 0.501. The minimum absolute atomic E-state index is 0.0188. The number of nitrogens with one attached hydrogen (secondary N) is 1. The van der Waals surface area contributed by atoms with Crippen molar-refractivity contribution in [2.75, 3.05) is 11.5 Å². The lowest BCUT2D eigenvalue weighted by atomic mass is 10.0. The highest BCUT2D eigenvalue weighted by molar-refractivity contribution is 7.91. The van der Waals surface area contributed by atoms with E-state index in [0.29, 0.717) is 36.1 Å². The molecule has 0 spiro atoms. The number of benzene rings is 2. The predicted octanol–water partition coefficient (Wildman–Crippen LogP) is 1.88. The van der Waals surface area contributed by atoms with Gasteiger partial charge in [0.1, 0.15) is 6.54 Å². The van der Waals surface area contributed by atoms with Crippen molar-refractivity contribution in [3.8, 4) is 11.5 Å². The molecule has 4 heterocycles. The second kappa shape index (κ2) is 7.28. The van der Waals surface area contributed by atoms with Crippen LogP contribution in [0.4, 0.5) is 0 Å². The zero-order valence-corrected chi connectivity index (χ0v) is 18.6. The third-order valence-corrected chi connectivity index (χ3v) is 8.40. The molecule has 4 aromatic rings. The van der Waals surface area contributed by atoms with E-state index in [9.17, 15) is 18.0 Å². The number of nitrogens with zero attached hydrogens (tertiary/aromatic N) is 3. The molecule has 2 aliphatic rings. The molecule has 1 unspecified atom stereocenters. The lowest BCUT2D eigenvalue weighted by molar-refractivity contribution is -0.122. The van der Waals surface area contributed by atoms with Crippen LogP contribution in [0, 0.1) is 0 Å². The highest BCUT2D eigenvalue weighted by Gasteiger charge is 2.31. The smallest absolute Gasteiger partial charge is 0.261 e. The van der Waals surface area contributed by atoms with Crippen LogP contribution >= 0.6 is 0 Å². The number of sulfone groups is 1. The average molecular weight is 463 g/mol. The molecule has 0 saturated carbocycles. The Morgan fingerprint density at radius 3 is 2.64 bits per heavy atom. The molecular weight excluding hydrogens is 440 g/mol. The van der Waals surface area contributed by atoms with Gasteiger partial charge in [-0.2, -0.15) is 0 Å². The van der Waals surface area contributed by atoms with Gasteiger partial charge in [-0.05, 0) is 36.6 Å². The summed E-state index contributed by atoms with van der Waals surface area (Å²) in [7, 11) is -3.09. The monoisotopic (exact) mass is 462 g/mol. The van der Waals surface area contributed by atoms with Gasteiger partial charge in [0.15, 0.2) is 15.7 Å². The molecule has 0 aliphatic carbocycles. The Balaban J connectivity index is 1.49. The maximum atomic E-state index is 13.2. The predicted molar refractivity (Wildman–Crippen MR) is 126 cm³/mol. The molecule has 0 bridgehead atoms. The second-order valence-corrected chi connectivity index (χ2v) is 11.0. The van der Waals surface area contributed by atoms with E-state index in [2.05, 4.69) is 5.32 Å². The van der Waals surface area contributed by atoms with Gasteiger partial charge in [-0.1, -0.05) is 30.3 Å². The zero-order chi connectivity index (χ0) is 22.7. The SMILES string of the molecule is O=C(Cn1c2c(c3ccccc31)CCn1c-2nc2ccccc2c1=O)NC1CCS(=O)(=O)C1. The van der Waals surface area contributed by atoms with Gasteiger partial charge in [0.05, 0.1) is 28.1 Å². The van der Waals surface area contributed by atoms with Crippen LogP contribution in [0.25, 0.3) is 33.3 Å². The van der Waals surface area contributed by atoms with E-state index < -0.39 is 9.84 Å². The molecule has 9 heteroatoms. The topological polar surface area (TPSA) is 103 Å². The Kier molecular flexibility index (Phi) is 4.45. The van der Waals surface area contributed by atoms with Crippen LogP contribution in [0.5, 0.6) is 0 Å². The molecule has 2 aromatic carbocycles. The van der Waals surface area contributed by atoms with Gasteiger partial charge < -0.3 is 9.88 Å². The molecule has 33 heavy (non-hydrogen) atoms. The van der Waals surface area contributed by atoms with Gasteiger partial charge in [-0.25, -0.2) is 13.4 Å². The molecule has 1 N–H and O–H groups in total. The standard InChI is InChI=1S/C24H22N4O4S/c29-21(25-15-10-12-33(31,32)14-15)13-28-20-8-4-2-5-16(20)17-9-11-27-23(22(17)28)26-19-7-3-1-6-18(19)24(27)30/h1-8,15H,9-14H2,(H,25,29). The minimum atomic E-state index is -3.09. The second-order valence-electron chi connectivity index (χ2n) is 8.76. The minimum Gasteiger partial charge on any atom is -0.351 e. The van der Waals surface area contributed by atoms with Crippen molar-refractivity contribution in [1.82, 2.24) is 19.4 Å². The van der Waals surface area contributed by atoms with Gasteiger partial charge >= 0.3 is 0 Å². The van der Waals surface area contributed by atoms with E-state index in [1.54, 1.807) is 10.6 Å². The Hall–Kier alpha value is -3.46. The summed E-state index contributed by atoms with van der Waals surface area (Å²) in [5, 5.41) is 4.50. The molecule has 0 radical (unpaired) electrons. The van der Waals surface area contributed by atoms with E-state index in [0.717, 1.165) is 22.2 Å². The van der Waals surface area contributed by atoms with Gasteiger partial charge in [0, 0.05) is 23.5 Å². The number of aryl methyl sites for hydroxylation is 1. The maximum absolute atomic E-state index is 13.2. The number of fused-ring (bicyclic) bond motifs is 6. The third kappa shape index (κ3) is 3.26. The first-order chi connectivity index (χ1) is 15.9. The summed E-state index contributed by atoms with van der Waals surface area (Å²) in [4.78, 5) is 31.0. The molecule has 168 valence electrons. The fraction of sp³-hybridized carbons (Fsp3) is 0.292. The Bertz CT molecular complexity index is 1620. The molecule has 1 amide bonds. The Morgan fingerprint density at radius 2 is 1.85 bits per heavy atom. The van der Waals surface area contributed by atoms with Crippen LogP contribution in [0.1, 0.15) is 12.0 Å². The van der Waals surface area contributed by atoms with E-state index in [1.807, 2.05) is 47.0 Å². The van der Waals surface area contributed by atoms with Crippen molar-refractivity contribution < 1.29 is 13.2 Å². The average Bonchev–Trinajstić information content (AvgIpc) is 3.31. The van der Waals surface area contributed by atoms with Crippen molar-refractivity contribution in [2.45, 2.75) is 32.0 Å². The van der Waals surface area contributed by atoms with Crippen LogP contribution in [0.2, 0.25) is 0 Å². The van der Waals surface area contributed by atoms with Crippen LogP contribution in [0.3, 0.4) is 0 Å². The van der Waals surface area contributed by atoms with E-state index in [-0.39, 0.29) is 35.6 Å². The van der Waals surface area contributed by atoms with Crippen molar-refractivity contribution in [3.05, 3.63) is 64.4 Å². The number of amides is 1. The van der Waals surface area contributed by atoms with Crippen molar-refractivity contribution >= 4 is 37.6 Å². The number of carbonyl (C=O) groups is 1. The third-order valence-electron chi connectivity index (χ3n) is 6.63. The number of carbonyl (C=O) groups excluding carboxylic acids is 1. The summed E-state index contributed by atoms with van der Waals surface area (Å²) in [6.07, 6.45) is 1.10. The highest BCUT2D eigenvalue weighted by atomic mass is 32.2. The molecule has 8 nitrogen and oxygen atoms in total. The number of hydrogen-bond acceptors (Lipinski definition) is 5. The van der Waals surface area contributed by atoms with Crippen LogP contribution in [-0.4, -0.2) is 46.0 Å². The zero-order valence-electron chi connectivity index (χ0n) is 17.8. The normalized spacial score (nSPS) is 18.8. The summed E-state index contributed by atoms with van der Waals surface area (Å²) in [6, 6.07) is 14.8. The van der Waals surface area contributed by atoms with Crippen molar-refractivity contribution in [3.63, 3.8) is 0 Å². The van der Waals surface area contributed by atoms with Crippen molar-refractivity contribution in [2.24, 2.45) is 0 Å². The summed E-state index contributed by atoms with van der Waals surface area (Å²) >= 11 is 0. The number of para-hydroxylation sites is 2. The van der Waals surface area contributed by atoms with Gasteiger partial charge in [-0.3, -0.25) is 14.2 Å². The number of rotatable bonds is 3. The first-order valence-corrected chi connectivity index (χ1v) is 12.8. The van der Waals surface area contributed by atoms with E-state index >= 15 is 0 Å². The van der Waals surface area contributed by atoms with Gasteiger partial charge in [0.25, 0.3) is 5.56 Å².